The van der Waals surface area contributed by atoms with Crippen LogP contribution in [0.3, 0.4) is 0 Å². The van der Waals surface area contributed by atoms with E-state index in [4.69, 9.17) is 4.74 Å². The first kappa shape index (κ1) is 21.1. The molecule has 0 atom stereocenters. The van der Waals surface area contributed by atoms with Crippen molar-refractivity contribution in [2.75, 3.05) is 18.2 Å². The number of thioether (sulfide) groups is 1. The minimum absolute atomic E-state index is 0.335. The minimum Gasteiger partial charge on any atom is -0.451 e. The number of fused-ring (bicyclic) bond motifs is 1. The normalized spacial score (nSPS) is 10.9. The van der Waals surface area contributed by atoms with E-state index in [-0.39, 0.29) is 5.82 Å². The second-order valence-electron chi connectivity index (χ2n) is 6.63. The average Bonchev–Trinajstić information content (AvgIpc) is 3.34. The molecule has 0 aliphatic rings. The second kappa shape index (κ2) is 8.91. The summed E-state index contributed by atoms with van der Waals surface area (Å²) in [6.07, 6.45) is 1.92. The number of amides is 1. The Hall–Kier alpha value is -3.17. The van der Waals surface area contributed by atoms with Crippen molar-refractivity contribution >= 4 is 50.9 Å². The standard InChI is InChI=1S/C22H18FN3O3S2/c1-13-16-11-19(31-21(16)26(25-13)15-9-7-14(23)8-10-15)22(28)29-12-20(27)24-17-5-3-4-6-18(17)30-2/h3-11H,12H2,1-2H3,(H,24,27). The molecule has 2 aromatic carbocycles. The fourth-order valence-electron chi connectivity index (χ4n) is 3.04. The predicted molar refractivity (Wildman–Crippen MR) is 121 cm³/mol. The molecule has 1 N–H and O–H groups in total. The first-order valence-electron chi connectivity index (χ1n) is 9.31. The van der Waals surface area contributed by atoms with Crippen molar-refractivity contribution in [3.05, 3.63) is 71.0 Å². The molecule has 0 radical (unpaired) electrons. The zero-order chi connectivity index (χ0) is 22.0. The number of rotatable bonds is 6. The Balaban J connectivity index is 1.47. The van der Waals surface area contributed by atoms with Crippen molar-refractivity contribution in [1.29, 1.82) is 0 Å². The number of aromatic nitrogens is 2. The lowest BCUT2D eigenvalue weighted by Gasteiger charge is -2.09. The third-order valence-corrected chi connectivity index (χ3v) is 6.42. The Labute approximate surface area is 186 Å². The second-order valence-corrected chi connectivity index (χ2v) is 8.51. The third kappa shape index (κ3) is 4.47. The van der Waals surface area contributed by atoms with Crippen LogP contribution >= 0.6 is 23.1 Å². The SMILES string of the molecule is CSc1ccccc1NC(=O)COC(=O)c1cc2c(C)nn(-c3ccc(F)cc3)c2s1. The first-order valence-corrected chi connectivity index (χ1v) is 11.4. The number of thiophene rings is 1. The maximum Gasteiger partial charge on any atom is 0.348 e. The molecule has 0 bridgehead atoms. The van der Waals surface area contributed by atoms with Gasteiger partial charge in [-0.1, -0.05) is 12.1 Å². The molecule has 2 aromatic heterocycles. The maximum absolute atomic E-state index is 13.2. The lowest BCUT2D eigenvalue weighted by molar-refractivity contribution is -0.119. The highest BCUT2D eigenvalue weighted by atomic mass is 32.2. The van der Waals surface area contributed by atoms with Crippen LogP contribution in [0.5, 0.6) is 0 Å². The molecule has 1 amide bonds. The summed E-state index contributed by atoms with van der Waals surface area (Å²) in [6.45, 7) is 1.44. The maximum atomic E-state index is 13.2. The highest BCUT2D eigenvalue weighted by molar-refractivity contribution is 7.98. The van der Waals surface area contributed by atoms with Gasteiger partial charge < -0.3 is 10.1 Å². The van der Waals surface area contributed by atoms with Crippen LogP contribution in [0, 0.1) is 12.7 Å². The van der Waals surface area contributed by atoms with Gasteiger partial charge in [-0.05, 0) is 55.6 Å². The van der Waals surface area contributed by atoms with Gasteiger partial charge in [0.25, 0.3) is 5.91 Å². The number of para-hydroxylation sites is 1. The molecule has 31 heavy (non-hydrogen) atoms. The van der Waals surface area contributed by atoms with Crippen molar-refractivity contribution in [2.24, 2.45) is 0 Å². The number of aryl methyl sites for hydroxylation is 1. The lowest BCUT2D eigenvalue weighted by atomic mass is 10.3. The van der Waals surface area contributed by atoms with Crippen molar-refractivity contribution in [1.82, 2.24) is 9.78 Å². The number of nitrogens with zero attached hydrogens (tertiary/aromatic N) is 2. The molecule has 2 heterocycles. The fraction of sp³-hybridized carbons (Fsp3) is 0.136. The van der Waals surface area contributed by atoms with Crippen LogP contribution in [-0.2, 0) is 9.53 Å². The molecule has 158 valence electrons. The van der Waals surface area contributed by atoms with E-state index >= 15 is 0 Å². The molecule has 0 unspecified atom stereocenters. The van der Waals surface area contributed by atoms with E-state index in [0.717, 1.165) is 20.8 Å². The summed E-state index contributed by atoms with van der Waals surface area (Å²) in [5.74, 6) is -1.33. The monoisotopic (exact) mass is 455 g/mol. The van der Waals surface area contributed by atoms with Crippen LogP contribution in [-0.4, -0.2) is 34.5 Å². The number of carbonyl (C=O) groups is 2. The van der Waals surface area contributed by atoms with Crippen LogP contribution in [0.2, 0.25) is 0 Å². The molecule has 0 aliphatic carbocycles. The Morgan fingerprint density at radius 2 is 1.94 bits per heavy atom. The number of carbonyl (C=O) groups excluding carboxylic acids is 2. The summed E-state index contributed by atoms with van der Waals surface area (Å²) in [7, 11) is 0. The molecule has 4 rings (SSSR count). The number of esters is 1. The van der Waals surface area contributed by atoms with E-state index in [9.17, 15) is 14.0 Å². The highest BCUT2D eigenvalue weighted by Crippen LogP contribution is 2.31. The smallest absolute Gasteiger partial charge is 0.348 e. The van der Waals surface area contributed by atoms with Gasteiger partial charge in [0.1, 0.15) is 15.5 Å². The summed E-state index contributed by atoms with van der Waals surface area (Å²) < 4.78 is 20.1. The molecular weight excluding hydrogens is 437 g/mol. The van der Waals surface area contributed by atoms with Crippen molar-refractivity contribution in [2.45, 2.75) is 11.8 Å². The molecule has 0 spiro atoms. The zero-order valence-electron chi connectivity index (χ0n) is 16.7. The largest absolute Gasteiger partial charge is 0.451 e. The van der Waals surface area contributed by atoms with E-state index in [1.807, 2.05) is 31.4 Å². The van der Waals surface area contributed by atoms with Crippen LogP contribution in [0.25, 0.3) is 15.9 Å². The van der Waals surface area contributed by atoms with Gasteiger partial charge in [0.05, 0.1) is 17.1 Å². The molecule has 0 aliphatic heterocycles. The van der Waals surface area contributed by atoms with Gasteiger partial charge in [-0.3, -0.25) is 4.79 Å². The summed E-state index contributed by atoms with van der Waals surface area (Å²) in [5, 5.41) is 8.03. The fourth-order valence-corrected chi connectivity index (χ4v) is 4.67. The Bertz CT molecular complexity index is 1260. The molecule has 0 saturated carbocycles. The summed E-state index contributed by atoms with van der Waals surface area (Å²) in [5.41, 5.74) is 2.10. The predicted octanol–water partition coefficient (Wildman–Crippen LogP) is 5.05. The quantitative estimate of drug-likeness (QED) is 0.325. The number of hydrogen-bond donors (Lipinski definition) is 1. The average molecular weight is 456 g/mol. The number of anilines is 1. The van der Waals surface area contributed by atoms with Gasteiger partial charge in [-0.25, -0.2) is 13.9 Å². The number of halogens is 1. The summed E-state index contributed by atoms with van der Waals surface area (Å²) in [6, 6.07) is 15.1. The number of benzene rings is 2. The van der Waals surface area contributed by atoms with Crippen molar-refractivity contribution in [3.63, 3.8) is 0 Å². The number of nitrogens with one attached hydrogen (secondary N) is 1. The van der Waals surface area contributed by atoms with E-state index in [2.05, 4.69) is 10.4 Å². The Morgan fingerprint density at radius 1 is 1.19 bits per heavy atom. The van der Waals surface area contributed by atoms with Crippen LogP contribution in [0.1, 0.15) is 15.4 Å². The molecule has 9 heteroatoms. The van der Waals surface area contributed by atoms with Crippen LogP contribution < -0.4 is 5.32 Å². The van der Waals surface area contributed by atoms with E-state index in [1.165, 1.54) is 35.2 Å². The van der Waals surface area contributed by atoms with Crippen molar-refractivity contribution < 1.29 is 18.7 Å². The van der Waals surface area contributed by atoms with Crippen LogP contribution in [0.15, 0.2) is 59.5 Å². The Kier molecular flexibility index (Phi) is 6.06. The topological polar surface area (TPSA) is 73.2 Å². The molecule has 6 nitrogen and oxygen atoms in total. The number of ether oxygens (including phenoxy) is 1. The molecule has 0 saturated heterocycles. The van der Waals surface area contributed by atoms with E-state index in [1.54, 1.807) is 28.9 Å². The van der Waals surface area contributed by atoms with Gasteiger partial charge in [-0.2, -0.15) is 5.10 Å². The van der Waals surface area contributed by atoms with Gasteiger partial charge >= 0.3 is 5.97 Å². The van der Waals surface area contributed by atoms with Gasteiger partial charge in [0.2, 0.25) is 0 Å². The molecule has 4 aromatic rings. The van der Waals surface area contributed by atoms with E-state index < -0.39 is 18.5 Å². The van der Waals surface area contributed by atoms with Gasteiger partial charge in [0.15, 0.2) is 6.61 Å². The van der Waals surface area contributed by atoms with Crippen LogP contribution in [0.4, 0.5) is 10.1 Å². The zero-order valence-corrected chi connectivity index (χ0v) is 18.3. The number of hydrogen-bond acceptors (Lipinski definition) is 6. The molecule has 0 fully saturated rings. The highest BCUT2D eigenvalue weighted by Gasteiger charge is 2.19. The Morgan fingerprint density at radius 3 is 2.68 bits per heavy atom. The van der Waals surface area contributed by atoms with Crippen molar-refractivity contribution in [3.8, 4) is 5.69 Å². The minimum atomic E-state index is -0.584. The summed E-state index contributed by atoms with van der Waals surface area (Å²) >= 11 is 2.72. The van der Waals surface area contributed by atoms with Gasteiger partial charge in [0, 0.05) is 10.3 Å². The molecular formula is C22H18FN3O3S2. The third-order valence-electron chi connectivity index (χ3n) is 4.53. The first-order chi connectivity index (χ1) is 15.0. The summed E-state index contributed by atoms with van der Waals surface area (Å²) in [4.78, 5) is 26.8. The van der Waals surface area contributed by atoms with E-state index in [0.29, 0.717) is 16.3 Å². The lowest BCUT2D eigenvalue weighted by Crippen LogP contribution is -2.20. The van der Waals surface area contributed by atoms with Gasteiger partial charge in [-0.15, -0.1) is 23.1 Å².